The first-order chi connectivity index (χ1) is 9.86. The Labute approximate surface area is 118 Å². The molecule has 0 atom stereocenters. The number of nitrogens with zero attached hydrogens (tertiary/aromatic N) is 1. The van der Waals surface area contributed by atoms with Crippen LogP contribution in [0, 0.1) is 0 Å². The normalized spacial score (nSPS) is 10.7. The van der Waals surface area contributed by atoms with Crippen molar-refractivity contribution in [2.45, 2.75) is 6.42 Å². The number of benzene rings is 2. The van der Waals surface area contributed by atoms with E-state index in [0.717, 1.165) is 23.2 Å². The molecule has 1 heterocycles. The molecule has 100 valence electrons. The van der Waals surface area contributed by atoms with Gasteiger partial charge in [-0.2, -0.15) is 0 Å². The summed E-state index contributed by atoms with van der Waals surface area (Å²) in [4.78, 5) is 4.54. The van der Waals surface area contributed by atoms with Crippen molar-refractivity contribution >= 4 is 0 Å². The third kappa shape index (κ3) is 2.63. The number of rotatable bonds is 4. The highest BCUT2D eigenvalue weighted by atomic mass is 16.3. The van der Waals surface area contributed by atoms with Gasteiger partial charge in [0.05, 0.1) is 0 Å². The summed E-state index contributed by atoms with van der Waals surface area (Å²) in [6.45, 7) is 0.663. The van der Waals surface area contributed by atoms with Gasteiger partial charge in [-0.3, -0.25) is 0 Å². The number of nitrogens with two attached hydrogens (primary N) is 1. The van der Waals surface area contributed by atoms with Crippen molar-refractivity contribution in [1.29, 1.82) is 0 Å². The van der Waals surface area contributed by atoms with Crippen LogP contribution in [0.25, 0.3) is 22.7 Å². The monoisotopic (exact) mass is 264 g/mol. The van der Waals surface area contributed by atoms with Crippen molar-refractivity contribution in [3.63, 3.8) is 0 Å². The standard InChI is InChI=1S/C17H16N2O/c18-11-10-13-6-8-15(9-7-13)17-19-16(12-20-17)14-4-2-1-3-5-14/h1-9,12H,10-11,18H2. The zero-order chi connectivity index (χ0) is 13.8. The third-order valence-electron chi connectivity index (χ3n) is 3.21. The van der Waals surface area contributed by atoms with Crippen LogP contribution in [0.5, 0.6) is 0 Å². The number of oxazole rings is 1. The summed E-state index contributed by atoms with van der Waals surface area (Å²) in [6, 6.07) is 18.2. The van der Waals surface area contributed by atoms with E-state index >= 15 is 0 Å². The molecule has 0 aliphatic heterocycles. The maximum absolute atomic E-state index is 5.57. The minimum Gasteiger partial charge on any atom is -0.444 e. The van der Waals surface area contributed by atoms with Gasteiger partial charge in [-0.15, -0.1) is 0 Å². The van der Waals surface area contributed by atoms with Gasteiger partial charge in [0, 0.05) is 11.1 Å². The lowest BCUT2D eigenvalue weighted by atomic mass is 10.1. The molecule has 2 aromatic carbocycles. The summed E-state index contributed by atoms with van der Waals surface area (Å²) >= 11 is 0. The minimum absolute atomic E-state index is 0.642. The summed E-state index contributed by atoms with van der Waals surface area (Å²) in [5.41, 5.74) is 9.67. The first-order valence-corrected chi connectivity index (χ1v) is 6.67. The SMILES string of the molecule is NCCc1ccc(-c2nc(-c3ccccc3)co2)cc1. The lowest BCUT2D eigenvalue weighted by Gasteiger charge is -1.99. The van der Waals surface area contributed by atoms with E-state index in [9.17, 15) is 0 Å². The van der Waals surface area contributed by atoms with Crippen molar-refractivity contribution < 1.29 is 4.42 Å². The van der Waals surface area contributed by atoms with Crippen LogP contribution in [0.4, 0.5) is 0 Å². The molecule has 3 nitrogen and oxygen atoms in total. The van der Waals surface area contributed by atoms with Gasteiger partial charge in [-0.1, -0.05) is 42.5 Å². The van der Waals surface area contributed by atoms with E-state index in [4.69, 9.17) is 10.2 Å². The van der Waals surface area contributed by atoms with E-state index in [1.807, 2.05) is 42.5 Å². The molecule has 0 fully saturated rings. The molecule has 0 aliphatic rings. The molecule has 0 saturated heterocycles. The molecule has 0 amide bonds. The van der Waals surface area contributed by atoms with Gasteiger partial charge >= 0.3 is 0 Å². The van der Waals surface area contributed by atoms with E-state index in [0.29, 0.717) is 12.4 Å². The predicted octanol–water partition coefficient (Wildman–Crippen LogP) is 3.51. The van der Waals surface area contributed by atoms with E-state index in [2.05, 4.69) is 17.1 Å². The zero-order valence-electron chi connectivity index (χ0n) is 11.1. The number of hydrogen-bond donors (Lipinski definition) is 1. The van der Waals surface area contributed by atoms with Gasteiger partial charge in [0.15, 0.2) is 0 Å². The van der Waals surface area contributed by atoms with Crippen LogP contribution in [0.2, 0.25) is 0 Å². The quantitative estimate of drug-likeness (QED) is 0.784. The van der Waals surface area contributed by atoms with E-state index in [1.165, 1.54) is 5.56 Å². The second-order valence-corrected chi connectivity index (χ2v) is 4.64. The summed E-state index contributed by atoms with van der Waals surface area (Å²) < 4.78 is 5.57. The van der Waals surface area contributed by atoms with Crippen LogP contribution in [0.15, 0.2) is 65.3 Å². The van der Waals surface area contributed by atoms with Crippen molar-refractivity contribution in [1.82, 2.24) is 4.98 Å². The Morgan fingerprint density at radius 2 is 1.65 bits per heavy atom. The maximum Gasteiger partial charge on any atom is 0.226 e. The van der Waals surface area contributed by atoms with Crippen LogP contribution in [-0.2, 0) is 6.42 Å². The Morgan fingerprint density at radius 3 is 2.35 bits per heavy atom. The van der Waals surface area contributed by atoms with E-state index < -0.39 is 0 Å². The van der Waals surface area contributed by atoms with Crippen LogP contribution >= 0.6 is 0 Å². The first kappa shape index (κ1) is 12.6. The van der Waals surface area contributed by atoms with Crippen molar-refractivity contribution in [2.75, 3.05) is 6.54 Å². The van der Waals surface area contributed by atoms with Crippen LogP contribution in [0.1, 0.15) is 5.56 Å². The van der Waals surface area contributed by atoms with Crippen LogP contribution in [-0.4, -0.2) is 11.5 Å². The number of aromatic nitrogens is 1. The smallest absolute Gasteiger partial charge is 0.226 e. The molecule has 0 spiro atoms. The molecule has 0 radical (unpaired) electrons. The minimum atomic E-state index is 0.642. The second-order valence-electron chi connectivity index (χ2n) is 4.64. The molecule has 0 unspecified atom stereocenters. The highest BCUT2D eigenvalue weighted by molar-refractivity contribution is 5.62. The molecule has 3 heteroatoms. The molecule has 2 N–H and O–H groups in total. The summed E-state index contributed by atoms with van der Waals surface area (Å²) in [5.74, 6) is 0.642. The van der Waals surface area contributed by atoms with Crippen LogP contribution in [0.3, 0.4) is 0 Å². The largest absolute Gasteiger partial charge is 0.444 e. The molecule has 20 heavy (non-hydrogen) atoms. The fraction of sp³-hybridized carbons (Fsp3) is 0.118. The molecular weight excluding hydrogens is 248 g/mol. The lowest BCUT2D eigenvalue weighted by molar-refractivity contribution is 0.575. The lowest BCUT2D eigenvalue weighted by Crippen LogP contribution is -2.02. The van der Waals surface area contributed by atoms with Gasteiger partial charge in [0.2, 0.25) is 5.89 Å². The fourth-order valence-electron chi connectivity index (χ4n) is 2.13. The Balaban J connectivity index is 1.86. The molecule has 0 bridgehead atoms. The molecule has 0 aliphatic carbocycles. The van der Waals surface area contributed by atoms with Crippen molar-refractivity contribution in [3.8, 4) is 22.7 Å². The molecule has 3 aromatic rings. The number of hydrogen-bond acceptors (Lipinski definition) is 3. The van der Waals surface area contributed by atoms with Crippen molar-refractivity contribution in [2.24, 2.45) is 5.73 Å². The molecule has 0 saturated carbocycles. The maximum atomic E-state index is 5.57. The predicted molar refractivity (Wildman–Crippen MR) is 80.1 cm³/mol. The Kier molecular flexibility index (Phi) is 3.61. The second kappa shape index (κ2) is 5.72. The van der Waals surface area contributed by atoms with Crippen molar-refractivity contribution in [3.05, 3.63) is 66.4 Å². The highest BCUT2D eigenvalue weighted by Gasteiger charge is 2.07. The van der Waals surface area contributed by atoms with Gasteiger partial charge in [0.25, 0.3) is 0 Å². The third-order valence-corrected chi connectivity index (χ3v) is 3.21. The van der Waals surface area contributed by atoms with E-state index in [-0.39, 0.29) is 0 Å². The Bertz CT molecular complexity index is 672. The van der Waals surface area contributed by atoms with Gasteiger partial charge in [-0.25, -0.2) is 4.98 Å². The Hall–Kier alpha value is -2.39. The zero-order valence-corrected chi connectivity index (χ0v) is 11.1. The molecular formula is C17H16N2O. The highest BCUT2D eigenvalue weighted by Crippen LogP contribution is 2.24. The van der Waals surface area contributed by atoms with Crippen LogP contribution < -0.4 is 5.73 Å². The molecule has 3 rings (SSSR count). The van der Waals surface area contributed by atoms with Gasteiger partial charge in [0.1, 0.15) is 12.0 Å². The van der Waals surface area contributed by atoms with Gasteiger partial charge < -0.3 is 10.2 Å². The fourth-order valence-corrected chi connectivity index (χ4v) is 2.13. The summed E-state index contributed by atoms with van der Waals surface area (Å²) in [5, 5.41) is 0. The average Bonchev–Trinajstić information content (AvgIpc) is 2.99. The van der Waals surface area contributed by atoms with Gasteiger partial charge in [-0.05, 0) is 30.7 Å². The first-order valence-electron chi connectivity index (χ1n) is 6.67. The van der Waals surface area contributed by atoms with E-state index in [1.54, 1.807) is 6.26 Å². The molecule has 1 aromatic heterocycles. The summed E-state index contributed by atoms with van der Waals surface area (Å²) in [7, 11) is 0. The summed E-state index contributed by atoms with van der Waals surface area (Å²) in [6.07, 6.45) is 2.58. The Morgan fingerprint density at radius 1 is 0.900 bits per heavy atom. The average molecular weight is 264 g/mol. The topological polar surface area (TPSA) is 52.0 Å².